The fourth-order valence-corrected chi connectivity index (χ4v) is 2.86. The van der Waals surface area contributed by atoms with Gasteiger partial charge in [-0.2, -0.15) is 0 Å². The van der Waals surface area contributed by atoms with Crippen LogP contribution in [0, 0.1) is 5.92 Å². The molecular formula is C24H35N7O8. The Hall–Kier alpha value is -4.69. The Balaban J connectivity index is 2.40. The minimum absolute atomic E-state index is 0.0297. The molecule has 0 aromatic heterocycles. The van der Waals surface area contributed by atoms with Gasteiger partial charge in [-0.25, -0.2) is 4.79 Å². The molecule has 0 saturated carbocycles. The third-order valence-electron chi connectivity index (χ3n) is 4.95. The lowest BCUT2D eigenvalue weighted by Crippen LogP contribution is -2.56. The van der Waals surface area contributed by atoms with Crippen LogP contribution in [0.3, 0.4) is 0 Å². The molecule has 1 aromatic carbocycles. The second kappa shape index (κ2) is 16.9. The van der Waals surface area contributed by atoms with E-state index in [2.05, 4.69) is 31.9 Å². The number of carbonyl (C=O) groups excluding carboxylic acids is 7. The van der Waals surface area contributed by atoms with E-state index in [1.165, 1.54) is 6.92 Å². The number of primary amides is 1. The van der Waals surface area contributed by atoms with Crippen molar-refractivity contribution in [2.75, 3.05) is 26.2 Å². The minimum atomic E-state index is -1.05. The van der Waals surface area contributed by atoms with Gasteiger partial charge in [-0.1, -0.05) is 44.2 Å². The number of carbonyl (C=O) groups is 7. The van der Waals surface area contributed by atoms with Crippen molar-refractivity contribution in [3.8, 4) is 0 Å². The number of rotatable bonds is 15. The van der Waals surface area contributed by atoms with Gasteiger partial charge in [-0.3, -0.25) is 28.8 Å². The Labute approximate surface area is 225 Å². The number of benzene rings is 1. The summed E-state index contributed by atoms with van der Waals surface area (Å²) in [5.41, 5.74) is 5.69. The van der Waals surface area contributed by atoms with Gasteiger partial charge in [0.05, 0.1) is 19.6 Å². The van der Waals surface area contributed by atoms with Crippen LogP contribution in [0.4, 0.5) is 4.79 Å². The van der Waals surface area contributed by atoms with E-state index in [9.17, 15) is 33.6 Å². The second-order valence-electron chi connectivity index (χ2n) is 8.67. The summed E-state index contributed by atoms with van der Waals surface area (Å²) in [6.45, 7) is 3.04. The van der Waals surface area contributed by atoms with Crippen molar-refractivity contribution in [2.45, 2.75) is 39.5 Å². The first-order chi connectivity index (χ1) is 18.4. The molecule has 0 heterocycles. The van der Waals surface area contributed by atoms with Gasteiger partial charge >= 0.3 is 6.09 Å². The first-order valence-electron chi connectivity index (χ1n) is 12.0. The molecule has 0 bridgehead atoms. The lowest BCUT2D eigenvalue weighted by Gasteiger charge is -2.24. The van der Waals surface area contributed by atoms with Gasteiger partial charge in [-0.05, 0) is 18.4 Å². The van der Waals surface area contributed by atoms with Crippen molar-refractivity contribution in [1.29, 1.82) is 0 Å². The van der Waals surface area contributed by atoms with Gasteiger partial charge in [-0.15, -0.1) is 0 Å². The monoisotopic (exact) mass is 549 g/mol. The Kier molecular flexibility index (Phi) is 14.0. The molecule has 0 saturated heterocycles. The van der Waals surface area contributed by atoms with Crippen LogP contribution in [-0.4, -0.2) is 79.8 Å². The fraction of sp³-hybridized carbons (Fsp3) is 0.458. The van der Waals surface area contributed by atoms with Crippen LogP contribution in [0.25, 0.3) is 0 Å². The first kappa shape index (κ1) is 32.3. The minimum Gasteiger partial charge on any atom is -0.445 e. The number of nitrogens with one attached hydrogen (secondary N) is 6. The molecule has 0 aliphatic rings. The number of hydrogen-bond donors (Lipinski definition) is 7. The number of ether oxygens (including phenoxy) is 1. The molecule has 15 heteroatoms. The van der Waals surface area contributed by atoms with Gasteiger partial charge in [0.1, 0.15) is 25.2 Å². The number of nitrogens with two attached hydrogens (primary N) is 1. The Morgan fingerprint density at radius 2 is 1.28 bits per heavy atom. The van der Waals surface area contributed by atoms with Gasteiger partial charge in [0, 0.05) is 0 Å². The Morgan fingerprint density at radius 1 is 0.718 bits per heavy atom. The molecule has 0 aliphatic carbocycles. The summed E-state index contributed by atoms with van der Waals surface area (Å²) in [4.78, 5) is 83.0. The van der Waals surface area contributed by atoms with Gasteiger partial charge in [0.25, 0.3) is 0 Å². The summed E-state index contributed by atoms with van der Waals surface area (Å²) in [6, 6.07) is 6.87. The zero-order chi connectivity index (χ0) is 29.4. The van der Waals surface area contributed by atoms with Crippen molar-refractivity contribution >= 4 is 41.5 Å². The van der Waals surface area contributed by atoms with Crippen molar-refractivity contribution in [3.63, 3.8) is 0 Å². The molecule has 7 amide bonds. The first-order valence-corrected chi connectivity index (χ1v) is 12.0. The smallest absolute Gasteiger partial charge is 0.407 e. The van der Waals surface area contributed by atoms with E-state index in [-0.39, 0.29) is 19.1 Å². The average Bonchev–Trinajstić information content (AvgIpc) is 2.90. The highest BCUT2D eigenvalue weighted by Gasteiger charge is 2.27. The molecule has 8 N–H and O–H groups in total. The fourth-order valence-electron chi connectivity index (χ4n) is 2.86. The molecule has 0 radical (unpaired) electrons. The number of hydrogen-bond acceptors (Lipinski definition) is 8. The summed E-state index contributed by atoms with van der Waals surface area (Å²) >= 11 is 0. The third kappa shape index (κ3) is 14.0. The van der Waals surface area contributed by atoms with Crippen LogP contribution in [0.2, 0.25) is 0 Å². The molecule has 2 atom stereocenters. The highest BCUT2D eigenvalue weighted by molar-refractivity contribution is 5.94. The molecule has 214 valence electrons. The topological polar surface area (TPSA) is 227 Å². The molecule has 39 heavy (non-hydrogen) atoms. The Morgan fingerprint density at radius 3 is 1.87 bits per heavy atom. The van der Waals surface area contributed by atoms with Gasteiger partial charge in [0.2, 0.25) is 35.4 Å². The highest BCUT2D eigenvalue weighted by atomic mass is 16.5. The van der Waals surface area contributed by atoms with Crippen LogP contribution in [0.5, 0.6) is 0 Å². The van der Waals surface area contributed by atoms with E-state index >= 15 is 0 Å². The molecule has 0 aliphatic heterocycles. The van der Waals surface area contributed by atoms with Crippen LogP contribution < -0.4 is 37.6 Å². The summed E-state index contributed by atoms with van der Waals surface area (Å²) in [7, 11) is 0. The number of amides is 7. The predicted octanol–water partition coefficient (Wildman–Crippen LogP) is -2.61. The third-order valence-corrected chi connectivity index (χ3v) is 4.95. The predicted molar refractivity (Wildman–Crippen MR) is 137 cm³/mol. The van der Waals surface area contributed by atoms with Crippen molar-refractivity contribution in [2.24, 2.45) is 11.7 Å². The van der Waals surface area contributed by atoms with E-state index in [0.29, 0.717) is 0 Å². The molecule has 1 aromatic rings. The summed E-state index contributed by atoms with van der Waals surface area (Å²) < 4.78 is 4.99. The standard InChI is InChI=1S/C24H35N7O8/c1-14(2)21(23(37)30-15(3)22(36)28-10-18(33)26-9-17(25)32)31-20(35)12-27-19(34)11-29-24(38)39-13-16-7-5-4-6-8-16/h4-8,14-15,21H,9-13H2,1-3H3,(H2,25,32)(H,26,33)(H,27,34)(H,28,36)(H,29,38)(H,30,37)(H,31,35)/t15-,21-/m0/s1. The van der Waals surface area contributed by atoms with Crippen molar-refractivity contribution in [3.05, 3.63) is 35.9 Å². The second-order valence-corrected chi connectivity index (χ2v) is 8.67. The zero-order valence-electron chi connectivity index (χ0n) is 22.0. The quantitative estimate of drug-likeness (QED) is 0.122. The maximum Gasteiger partial charge on any atom is 0.407 e. The van der Waals surface area contributed by atoms with E-state index in [0.717, 1.165) is 5.56 Å². The molecule has 15 nitrogen and oxygen atoms in total. The molecule has 0 spiro atoms. The van der Waals surface area contributed by atoms with E-state index < -0.39 is 73.3 Å². The van der Waals surface area contributed by atoms with E-state index in [1.807, 2.05) is 6.07 Å². The van der Waals surface area contributed by atoms with E-state index in [1.54, 1.807) is 38.1 Å². The summed E-state index contributed by atoms with van der Waals surface area (Å²) in [5, 5.41) is 14.0. The summed E-state index contributed by atoms with van der Waals surface area (Å²) in [6.07, 6.45) is -0.806. The molecule has 1 rings (SSSR count). The van der Waals surface area contributed by atoms with Crippen LogP contribution in [0.1, 0.15) is 26.3 Å². The van der Waals surface area contributed by atoms with E-state index in [4.69, 9.17) is 10.5 Å². The molecule has 0 unspecified atom stereocenters. The normalized spacial score (nSPS) is 11.8. The van der Waals surface area contributed by atoms with Gasteiger partial charge in [0.15, 0.2) is 0 Å². The molecular weight excluding hydrogens is 514 g/mol. The Bertz CT molecular complexity index is 1030. The lowest BCUT2D eigenvalue weighted by atomic mass is 10.0. The number of alkyl carbamates (subject to hydrolysis) is 1. The van der Waals surface area contributed by atoms with Crippen molar-refractivity contribution < 1.29 is 38.3 Å². The van der Waals surface area contributed by atoms with Crippen molar-refractivity contribution in [1.82, 2.24) is 31.9 Å². The zero-order valence-corrected chi connectivity index (χ0v) is 22.0. The van der Waals surface area contributed by atoms with Crippen LogP contribution >= 0.6 is 0 Å². The average molecular weight is 550 g/mol. The van der Waals surface area contributed by atoms with Crippen LogP contribution in [-0.2, 0) is 40.1 Å². The largest absolute Gasteiger partial charge is 0.445 e. The van der Waals surface area contributed by atoms with Crippen LogP contribution in [0.15, 0.2) is 30.3 Å². The lowest BCUT2D eigenvalue weighted by molar-refractivity contribution is -0.133. The SMILES string of the molecule is CC(C)[C@H](NC(=O)CNC(=O)CNC(=O)OCc1ccccc1)C(=O)N[C@@H](C)C(=O)NCC(=O)NCC(N)=O. The maximum atomic E-state index is 12.6. The van der Waals surface area contributed by atoms with Gasteiger partial charge < -0.3 is 42.4 Å². The maximum absolute atomic E-state index is 12.6. The highest BCUT2D eigenvalue weighted by Crippen LogP contribution is 2.03. The molecule has 0 fully saturated rings. The summed E-state index contributed by atoms with van der Waals surface area (Å²) in [5.74, 6) is -4.42.